The van der Waals surface area contributed by atoms with Gasteiger partial charge in [-0.05, 0) is 28.9 Å². The monoisotopic (exact) mass is 333 g/mol. The Morgan fingerprint density at radius 2 is 2.10 bits per heavy atom. The smallest absolute Gasteiger partial charge is 0.309 e. The number of H-pyrrole nitrogens is 2. The number of nitrogens with zero attached hydrogens (tertiary/aromatic N) is 1. The fourth-order valence-corrected chi connectivity index (χ4v) is 2.86. The van der Waals surface area contributed by atoms with Crippen molar-refractivity contribution in [2.45, 2.75) is 13.3 Å². The highest BCUT2D eigenvalue weighted by atomic mass is 79.9. The fraction of sp³-hybridized carbons (Fsp3) is 0.143. The van der Waals surface area contributed by atoms with Gasteiger partial charge >= 0.3 is 5.97 Å². The fourth-order valence-electron chi connectivity index (χ4n) is 2.45. The van der Waals surface area contributed by atoms with Crippen molar-refractivity contribution in [3.05, 3.63) is 40.4 Å². The van der Waals surface area contributed by atoms with Crippen molar-refractivity contribution < 1.29 is 9.90 Å². The van der Waals surface area contributed by atoms with E-state index in [9.17, 15) is 4.79 Å². The topological polar surface area (TPSA) is 81.8 Å². The third-order valence-electron chi connectivity index (χ3n) is 3.21. The standard InChI is InChI=1S/C14H12BrN3O2/c1-7-12(8-4-2-3-5-9(8)16-7)13-10(6-11(19)20)17-14(15)18-13/h2-5,16H,6H2,1H3,(H,17,18)(H,19,20). The molecule has 0 aliphatic carbocycles. The quantitative estimate of drug-likeness (QED) is 0.688. The van der Waals surface area contributed by atoms with Crippen molar-refractivity contribution in [3.8, 4) is 11.3 Å². The maximum absolute atomic E-state index is 11.0. The Hall–Kier alpha value is -2.08. The highest BCUT2D eigenvalue weighted by Gasteiger charge is 2.19. The number of aromatic amines is 2. The number of aromatic nitrogens is 3. The van der Waals surface area contributed by atoms with Crippen LogP contribution in [0.1, 0.15) is 11.4 Å². The zero-order valence-electron chi connectivity index (χ0n) is 10.7. The van der Waals surface area contributed by atoms with Crippen LogP contribution in [-0.2, 0) is 11.2 Å². The van der Waals surface area contributed by atoms with Gasteiger partial charge in [0.25, 0.3) is 0 Å². The Bertz CT molecular complexity index is 804. The van der Waals surface area contributed by atoms with Crippen molar-refractivity contribution in [3.63, 3.8) is 0 Å². The zero-order chi connectivity index (χ0) is 14.3. The van der Waals surface area contributed by atoms with Gasteiger partial charge in [-0.1, -0.05) is 18.2 Å². The molecule has 0 saturated heterocycles. The summed E-state index contributed by atoms with van der Waals surface area (Å²) >= 11 is 3.28. The molecule has 20 heavy (non-hydrogen) atoms. The van der Waals surface area contributed by atoms with E-state index in [1.165, 1.54) is 0 Å². The molecule has 0 bridgehead atoms. The van der Waals surface area contributed by atoms with Crippen LogP contribution in [0.25, 0.3) is 22.2 Å². The number of benzene rings is 1. The van der Waals surface area contributed by atoms with E-state index in [4.69, 9.17) is 5.11 Å². The van der Waals surface area contributed by atoms with E-state index in [0.29, 0.717) is 16.1 Å². The second-order valence-corrected chi connectivity index (χ2v) is 5.35. The number of hydrogen-bond donors (Lipinski definition) is 3. The van der Waals surface area contributed by atoms with Gasteiger partial charge in [-0.3, -0.25) is 4.79 Å². The molecule has 6 heteroatoms. The lowest BCUT2D eigenvalue weighted by Gasteiger charge is -2.01. The average molecular weight is 334 g/mol. The number of aryl methyl sites for hydroxylation is 1. The van der Waals surface area contributed by atoms with Gasteiger partial charge in [0, 0.05) is 22.2 Å². The summed E-state index contributed by atoms with van der Waals surface area (Å²) in [5, 5.41) is 10.0. The number of hydrogen-bond acceptors (Lipinski definition) is 2. The first-order chi connectivity index (χ1) is 9.56. The van der Waals surface area contributed by atoms with E-state index in [1.54, 1.807) is 0 Å². The first-order valence-electron chi connectivity index (χ1n) is 6.10. The summed E-state index contributed by atoms with van der Waals surface area (Å²) in [5.74, 6) is -0.889. The van der Waals surface area contributed by atoms with Crippen molar-refractivity contribution in [2.75, 3.05) is 0 Å². The molecule has 2 heterocycles. The minimum Gasteiger partial charge on any atom is -0.481 e. The molecule has 0 aliphatic heterocycles. The predicted molar refractivity (Wildman–Crippen MR) is 79.7 cm³/mol. The van der Waals surface area contributed by atoms with E-state index >= 15 is 0 Å². The number of aliphatic carboxylic acids is 1. The lowest BCUT2D eigenvalue weighted by Crippen LogP contribution is -2.02. The molecule has 5 nitrogen and oxygen atoms in total. The Kier molecular flexibility index (Phi) is 3.10. The maximum Gasteiger partial charge on any atom is 0.309 e. The molecule has 3 rings (SSSR count). The molecule has 102 valence electrons. The maximum atomic E-state index is 11.0. The van der Waals surface area contributed by atoms with Gasteiger partial charge < -0.3 is 15.1 Å². The third kappa shape index (κ3) is 2.12. The number of fused-ring (bicyclic) bond motifs is 1. The first-order valence-corrected chi connectivity index (χ1v) is 6.89. The number of carbonyl (C=O) groups is 1. The number of imidazole rings is 1. The second kappa shape index (κ2) is 4.79. The molecule has 2 aromatic heterocycles. The van der Waals surface area contributed by atoms with Crippen LogP contribution in [0, 0.1) is 6.92 Å². The summed E-state index contributed by atoms with van der Waals surface area (Å²) in [7, 11) is 0. The molecular weight excluding hydrogens is 322 g/mol. The van der Waals surface area contributed by atoms with Crippen LogP contribution in [0.4, 0.5) is 0 Å². The molecule has 1 aromatic carbocycles. The van der Waals surface area contributed by atoms with E-state index in [-0.39, 0.29) is 6.42 Å². The summed E-state index contributed by atoms with van der Waals surface area (Å²) in [5.41, 5.74) is 4.20. The SMILES string of the molecule is Cc1[nH]c2ccccc2c1-c1nc(Br)[nH]c1CC(=O)O. The summed E-state index contributed by atoms with van der Waals surface area (Å²) in [6.07, 6.45) is -0.0904. The Labute approximate surface area is 123 Å². The second-order valence-electron chi connectivity index (χ2n) is 4.60. The summed E-state index contributed by atoms with van der Waals surface area (Å²) in [6.45, 7) is 1.96. The van der Waals surface area contributed by atoms with Crippen LogP contribution in [0.5, 0.6) is 0 Å². The van der Waals surface area contributed by atoms with Crippen LogP contribution in [-0.4, -0.2) is 26.0 Å². The molecule has 0 aliphatic rings. The van der Waals surface area contributed by atoms with Crippen LogP contribution in [0.2, 0.25) is 0 Å². The number of carboxylic acid groups (broad SMARTS) is 1. The van der Waals surface area contributed by atoms with E-state index in [1.807, 2.05) is 31.2 Å². The number of halogens is 1. The highest BCUT2D eigenvalue weighted by molar-refractivity contribution is 9.10. The number of para-hydroxylation sites is 1. The molecule has 0 fully saturated rings. The summed E-state index contributed by atoms with van der Waals surface area (Å²) in [6, 6.07) is 7.91. The van der Waals surface area contributed by atoms with Gasteiger partial charge in [-0.2, -0.15) is 0 Å². The van der Waals surface area contributed by atoms with Crippen LogP contribution in [0.3, 0.4) is 0 Å². The van der Waals surface area contributed by atoms with Crippen LogP contribution >= 0.6 is 15.9 Å². The molecule has 0 amide bonds. The van der Waals surface area contributed by atoms with Crippen molar-refractivity contribution in [2.24, 2.45) is 0 Å². The van der Waals surface area contributed by atoms with Crippen molar-refractivity contribution >= 4 is 32.8 Å². The molecular formula is C14H12BrN3O2. The van der Waals surface area contributed by atoms with E-state index in [0.717, 1.165) is 22.2 Å². The molecule has 0 unspecified atom stereocenters. The lowest BCUT2D eigenvalue weighted by atomic mass is 10.1. The molecule has 3 aromatic rings. The molecule has 0 radical (unpaired) electrons. The predicted octanol–water partition coefficient (Wildman–Crippen LogP) is 3.26. The van der Waals surface area contributed by atoms with Gasteiger partial charge in [0.2, 0.25) is 0 Å². The van der Waals surface area contributed by atoms with Crippen LogP contribution < -0.4 is 0 Å². The number of carboxylic acids is 1. The molecule has 0 atom stereocenters. The lowest BCUT2D eigenvalue weighted by molar-refractivity contribution is -0.136. The van der Waals surface area contributed by atoms with E-state index in [2.05, 4.69) is 30.9 Å². The first kappa shape index (κ1) is 12.9. The van der Waals surface area contributed by atoms with E-state index < -0.39 is 5.97 Å². The minimum atomic E-state index is -0.889. The average Bonchev–Trinajstić information content (AvgIpc) is 2.87. The van der Waals surface area contributed by atoms with Crippen LogP contribution in [0.15, 0.2) is 29.0 Å². The molecule has 3 N–H and O–H groups in total. The Balaban J connectivity index is 2.25. The van der Waals surface area contributed by atoms with Gasteiger partial charge in [-0.15, -0.1) is 0 Å². The summed E-state index contributed by atoms with van der Waals surface area (Å²) in [4.78, 5) is 21.6. The van der Waals surface area contributed by atoms with Crippen molar-refractivity contribution in [1.82, 2.24) is 15.0 Å². The number of nitrogens with one attached hydrogen (secondary N) is 2. The number of rotatable bonds is 3. The van der Waals surface area contributed by atoms with Gasteiger partial charge in [0.1, 0.15) is 0 Å². The Morgan fingerprint density at radius 3 is 2.85 bits per heavy atom. The van der Waals surface area contributed by atoms with Crippen molar-refractivity contribution in [1.29, 1.82) is 0 Å². The van der Waals surface area contributed by atoms with Gasteiger partial charge in [0.05, 0.1) is 17.8 Å². The largest absolute Gasteiger partial charge is 0.481 e. The summed E-state index contributed by atoms with van der Waals surface area (Å²) < 4.78 is 0.536. The van der Waals surface area contributed by atoms with Gasteiger partial charge in [-0.25, -0.2) is 4.98 Å². The highest BCUT2D eigenvalue weighted by Crippen LogP contribution is 2.33. The molecule has 0 spiro atoms. The normalized spacial score (nSPS) is 11.1. The molecule has 0 saturated carbocycles. The van der Waals surface area contributed by atoms with Gasteiger partial charge in [0.15, 0.2) is 4.73 Å². The Morgan fingerprint density at radius 1 is 1.35 bits per heavy atom. The third-order valence-corrected chi connectivity index (χ3v) is 3.58. The minimum absolute atomic E-state index is 0.0904. The zero-order valence-corrected chi connectivity index (χ0v) is 12.3.